The van der Waals surface area contributed by atoms with Gasteiger partial charge in [-0.05, 0) is 59.9 Å². The van der Waals surface area contributed by atoms with Crippen LogP contribution in [0.4, 0.5) is 0 Å². The summed E-state index contributed by atoms with van der Waals surface area (Å²) >= 11 is 2.20. The van der Waals surface area contributed by atoms with Gasteiger partial charge < -0.3 is 5.11 Å². The summed E-state index contributed by atoms with van der Waals surface area (Å²) in [7, 11) is 0. The molecule has 0 heterocycles. The summed E-state index contributed by atoms with van der Waals surface area (Å²) in [4.78, 5) is 22.9. The average molecular weight is 358 g/mol. The second-order valence-corrected chi connectivity index (χ2v) is 6.09. The first-order valence-corrected chi connectivity index (χ1v) is 7.15. The van der Waals surface area contributed by atoms with E-state index in [1.807, 2.05) is 24.3 Å². The van der Waals surface area contributed by atoms with E-state index in [9.17, 15) is 9.59 Å². The monoisotopic (exact) mass is 358 g/mol. The van der Waals surface area contributed by atoms with Crippen molar-refractivity contribution in [3.8, 4) is 0 Å². The third-order valence-electron chi connectivity index (χ3n) is 3.53. The zero-order chi connectivity index (χ0) is 13.1. The van der Waals surface area contributed by atoms with Crippen LogP contribution in [0.3, 0.4) is 0 Å². The largest absolute Gasteiger partial charge is 0.481 e. The molecule has 96 valence electrons. The molecule has 2 atom stereocenters. The summed E-state index contributed by atoms with van der Waals surface area (Å²) in [6, 6.07) is 7.52. The SMILES string of the molecule is O=C(CC1CCC(C(=O)O)C1)c1ccc(I)cc1. The van der Waals surface area contributed by atoms with Gasteiger partial charge in [0.25, 0.3) is 0 Å². The molecule has 18 heavy (non-hydrogen) atoms. The Balaban J connectivity index is 1.92. The molecule has 1 aromatic carbocycles. The number of carbonyl (C=O) groups excluding carboxylic acids is 1. The number of carboxylic acid groups (broad SMARTS) is 1. The van der Waals surface area contributed by atoms with Gasteiger partial charge >= 0.3 is 5.97 Å². The summed E-state index contributed by atoms with van der Waals surface area (Å²) in [6.45, 7) is 0. The first-order chi connectivity index (χ1) is 8.56. The van der Waals surface area contributed by atoms with Crippen molar-refractivity contribution < 1.29 is 14.7 Å². The normalized spacial score (nSPS) is 22.9. The van der Waals surface area contributed by atoms with Gasteiger partial charge in [-0.3, -0.25) is 9.59 Å². The summed E-state index contributed by atoms with van der Waals surface area (Å²) in [5.74, 6) is -0.612. The molecule has 4 heteroatoms. The van der Waals surface area contributed by atoms with Crippen molar-refractivity contribution >= 4 is 34.3 Å². The number of aliphatic carboxylic acids is 1. The van der Waals surface area contributed by atoms with Gasteiger partial charge in [0.2, 0.25) is 0 Å². The number of Topliss-reactive ketones (excluding diaryl/α,β-unsaturated/α-hetero) is 1. The Morgan fingerprint density at radius 2 is 1.89 bits per heavy atom. The third-order valence-corrected chi connectivity index (χ3v) is 4.25. The van der Waals surface area contributed by atoms with E-state index in [4.69, 9.17) is 5.11 Å². The number of halogens is 1. The van der Waals surface area contributed by atoms with Gasteiger partial charge in [-0.2, -0.15) is 0 Å². The Morgan fingerprint density at radius 1 is 1.22 bits per heavy atom. The van der Waals surface area contributed by atoms with Crippen LogP contribution >= 0.6 is 22.6 Å². The van der Waals surface area contributed by atoms with Crippen molar-refractivity contribution in [1.29, 1.82) is 0 Å². The Morgan fingerprint density at radius 3 is 2.44 bits per heavy atom. The second kappa shape index (κ2) is 5.82. The Bertz CT molecular complexity index is 453. The zero-order valence-electron chi connectivity index (χ0n) is 9.93. The zero-order valence-corrected chi connectivity index (χ0v) is 12.1. The number of hydrogen-bond acceptors (Lipinski definition) is 2. The molecule has 0 aromatic heterocycles. The summed E-state index contributed by atoms with van der Waals surface area (Å²) in [5, 5.41) is 8.93. The number of benzene rings is 1. The number of ketones is 1. The minimum absolute atomic E-state index is 0.127. The summed E-state index contributed by atoms with van der Waals surface area (Å²) in [6.07, 6.45) is 2.68. The summed E-state index contributed by atoms with van der Waals surface area (Å²) in [5.41, 5.74) is 0.731. The predicted octanol–water partition coefficient (Wildman–Crippen LogP) is 3.36. The predicted molar refractivity (Wildman–Crippen MR) is 76.6 cm³/mol. The van der Waals surface area contributed by atoms with Crippen LogP contribution in [0, 0.1) is 15.4 Å². The lowest BCUT2D eigenvalue weighted by Gasteiger charge is -2.08. The minimum atomic E-state index is -0.723. The molecule has 1 N–H and O–H groups in total. The molecule has 0 saturated heterocycles. The van der Waals surface area contributed by atoms with E-state index in [1.54, 1.807) is 0 Å². The first kappa shape index (κ1) is 13.5. The Hall–Kier alpha value is -0.910. The quantitative estimate of drug-likeness (QED) is 0.663. The van der Waals surface area contributed by atoms with Crippen molar-refractivity contribution in [2.45, 2.75) is 25.7 Å². The lowest BCUT2D eigenvalue weighted by molar-refractivity contribution is -0.141. The van der Waals surface area contributed by atoms with E-state index in [2.05, 4.69) is 22.6 Å². The molecule has 1 aliphatic carbocycles. The number of hydrogen-bond donors (Lipinski definition) is 1. The van der Waals surface area contributed by atoms with Crippen LogP contribution < -0.4 is 0 Å². The van der Waals surface area contributed by atoms with Gasteiger partial charge in [-0.25, -0.2) is 0 Å². The molecule has 1 fully saturated rings. The molecule has 1 aliphatic rings. The molecule has 0 aliphatic heterocycles. The third kappa shape index (κ3) is 3.31. The van der Waals surface area contributed by atoms with E-state index in [0.717, 1.165) is 15.6 Å². The fourth-order valence-corrected chi connectivity index (χ4v) is 2.86. The van der Waals surface area contributed by atoms with Crippen LogP contribution in [-0.4, -0.2) is 16.9 Å². The average Bonchev–Trinajstić information content (AvgIpc) is 2.78. The lowest BCUT2D eigenvalue weighted by atomic mass is 9.96. The van der Waals surface area contributed by atoms with Crippen molar-refractivity contribution in [2.24, 2.45) is 11.8 Å². The maximum absolute atomic E-state index is 12.0. The molecule has 0 amide bonds. The molecule has 2 rings (SSSR count). The maximum Gasteiger partial charge on any atom is 0.306 e. The van der Waals surface area contributed by atoms with E-state index in [1.165, 1.54) is 0 Å². The van der Waals surface area contributed by atoms with Crippen molar-refractivity contribution in [3.63, 3.8) is 0 Å². The fraction of sp³-hybridized carbons (Fsp3) is 0.429. The maximum atomic E-state index is 12.0. The smallest absolute Gasteiger partial charge is 0.306 e. The van der Waals surface area contributed by atoms with Gasteiger partial charge in [-0.1, -0.05) is 12.1 Å². The molecule has 3 nitrogen and oxygen atoms in total. The lowest BCUT2D eigenvalue weighted by Crippen LogP contribution is -2.11. The minimum Gasteiger partial charge on any atom is -0.481 e. The number of carbonyl (C=O) groups is 2. The van der Waals surface area contributed by atoms with Crippen molar-refractivity contribution in [2.75, 3.05) is 0 Å². The molecule has 1 saturated carbocycles. The molecule has 1 aromatic rings. The molecule has 0 spiro atoms. The van der Waals surface area contributed by atoms with E-state index in [0.29, 0.717) is 19.3 Å². The van der Waals surface area contributed by atoms with Crippen LogP contribution in [0.5, 0.6) is 0 Å². The van der Waals surface area contributed by atoms with Gasteiger partial charge in [0.1, 0.15) is 0 Å². The molecule has 0 radical (unpaired) electrons. The van der Waals surface area contributed by atoms with Gasteiger partial charge in [0, 0.05) is 15.6 Å². The van der Waals surface area contributed by atoms with Crippen LogP contribution in [0.15, 0.2) is 24.3 Å². The van der Waals surface area contributed by atoms with E-state index in [-0.39, 0.29) is 17.6 Å². The van der Waals surface area contributed by atoms with Crippen LogP contribution in [0.2, 0.25) is 0 Å². The van der Waals surface area contributed by atoms with Crippen LogP contribution in [-0.2, 0) is 4.79 Å². The van der Waals surface area contributed by atoms with E-state index < -0.39 is 5.97 Å². The molecule has 0 bridgehead atoms. The van der Waals surface area contributed by atoms with Crippen molar-refractivity contribution in [3.05, 3.63) is 33.4 Å². The van der Waals surface area contributed by atoms with Crippen LogP contribution in [0.1, 0.15) is 36.0 Å². The number of carboxylic acids is 1. The molecular formula is C14H15IO3. The number of rotatable bonds is 4. The van der Waals surface area contributed by atoms with Gasteiger partial charge in [0.15, 0.2) is 5.78 Å². The van der Waals surface area contributed by atoms with Crippen molar-refractivity contribution in [1.82, 2.24) is 0 Å². The Labute approximate surface area is 120 Å². The fourth-order valence-electron chi connectivity index (χ4n) is 2.50. The standard InChI is InChI=1S/C14H15IO3/c15-12-5-3-10(4-6-12)13(16)8-9-1-2-11(7-9)14(17)18/h3-6,9,11H,1-2,7-8H2,(H,17,18). The highest BCUT2D eigenvalue weighted by atomic mass is 127. The summed E-state index contributed by atoms with van der Waals surface area (Å²) < 4.78 is 1.11. The van der Waals surface area contributed by atoms with Crippen LogP contribution in [0.25, 0.3) is 0 Å². The van der Waals surface area contributed by atoms with Gasteiger partial charge in [-0.15, -0.1) is 0 Å². The highest BCUT2D eigenvalue weighted by Gasteiger charge is 2.30. The molecular weight excluding hydrogens is 343 g/mol. The topological polar surface area (TPSA) is 54.4 Å². The van der Waals surface area contributed by atoms with E-state index >= 15 is 0 Å². The highest BCUT2D eigenvalue weighted by Crippen LogP contribution is 2.33. The first-order valence-electron chi connectivity index (χ1n) is 6.08. The second-order valence-electron chi connectivity index (χ2n) is 4.85. The van der Waals surface area contributed by atoms with Gasteiger partial charge in [0.05, 0.1) is 5.92 Å². The highest BCUT2D eigenvalue weighted by molar-refractivity contribution is 14.1. The molecule has 2 unspecified atom stereocenters. The Kier molecular flexibility index (Phi) is 4.37.